The fraction of sp³-hybridized carbons (Fsp3) is 0.250. The smallest absolute Gasteiger partial charge is 0.442 e. The number of esters is 1. The third-order valence-electron chi connectivity index (χ3n) is 5.00. The van der Waals surface area contributed by atoms with Gasteiger partial charge >= 0.3 is 17.8 Å². The van der Waals surface area contributed by atoms with Crippen molar-refractivity contribution in [2.45, 2.75) is 25.7 Å². The molecule has 4 rings (SSSR count). The maximum atomic E-state index is 14.6. The first-order valence-electron chi connectivity index (χ1n) is 8.65. The predicted octanol–water partition coefficient (Wildman–Crippen LogP) is 5.58. The zero-order chi connectivity index (χ0) is 20.3. The van der Waals surface area contributed by atoms with Crippen molar-refractivity contribution in [3.05, 3.63) is 52.5 Å². The summed E-state index contributed by atoms with van der Waals surface area (Å²) in [6.45, 7) is 3.07. The zero-order valence-corrected chi connectivity index (χ0v) is 16.6. The van der Waals surface area contributed by atoms with Crippen LogP contribution in [0.5, 0.6) is 0 Å². The van der Waals surface area contributed by atoms with Gasteiger partial charge in [0.25, 0.3) is 0 Å². The maximum absolute atomic E-state index is 14.6. The molecular weight excluding hydrogens is 437 g/mol. The van der Waals surface area contributed by atoms with Crippen LogP contribution in [0.4, 0.5) is 18.9 Å². The van der Waals surface area contributed by atoms with E-state index in [0.717, 1.165) is 9.04 Å². The molecule has 0 radical (unpaired) electrons. The number of hydrogen-bond acceptors (Lipinski definition) is 3. The molecule has 146 valence electrons. The van der Waals surface area contributed by atoms with Gasteiger partial charge in [-0.15, -0.1) is 0 Å². The lowest BCUT2D eigenvalue weighted by molar-refractivity contribution is -0.218. The van der Waals surface area contributed by atoms with Crippen LogP contribution in [0.15, 0.2) is 46.9 Å². The monoisotopic (exact) mass is 452 g/mol. The van der Waals surface area contributed by atoms with Crippen LogP contribution in [-0.4, -0.2) is 23.3 Å². The Morgan fingerprint density at radius 2 is 1.96 bits per heavy atom. The molecule has 0 aliphatic carbocycles. The number of hydrogen-bond donors (Lipinski definition) is 1. The Balaban J connectivity index is 2.20. The number of ether oxygens (including phenoxy) is 1. The van der Waals surface area contributed by atoms with Gasteiger partial charge < -0.3 is 10.1 Å². The summed E-state index contributed by atoms with van der Waals surface area (Å²) in [4.78, 5) is 12.8. The second-order valence-corrected chi connectivity index (χ2v) is 7.49. The van der Waals surface area contributed by atoms with Gasteiger partial charge in [0.15, 0.2) is 0 Å². The molecule has 0 unspecified atom stereocenters. The number of aromatic nitrogens is 1. The van der Waals surface area contributed by atoms with Crippen LogP contribution in [0.2, 0.25) is 0 Å². The average molecular weight is 453 g/mol. The fourth-order valence-electron chi connectivity index (χ4n) is 3.83. The first-order chi connectivity index (χ1) is 13.2. The number of carbonyl (C=O) groups is 1. The number of aryl methyl sites for hydroxylation is 1. The summed E-state index contributed by atoms with van der Waals surface area (Å²) in [5.41, 5.74) is -0.950. The van der Waals surface area contributed by atoms with E-state index in [2.05, 4.69) is 21.2 Å². The molecule has 0 saturated heterocycles. The van der Waals surface area contributed by atoms with Crippen molar-refractivity contribution in [1.82, 2.24) is 4.57 Å². The molecule has 4 nitrogen and oxygen atoms in total. The molecule has 2 heterocycles. The number of halogens is 4. The Hall–Kier alpha value is -2.48. The molecule has 0 bridgehead atoms. The number of alkyl halides is 3. The van der Waals surface area contributed by atoms with E-state index in [0.29, 0.717) is 27.7 Å². The zero-order valence-electron chi connectivity index (χ0n) is 15.0. The SMILES string of the molecule is CCOC(=O)[C@@]1(C(F)(F)F)Nc2ccccc2-c2c(C)c3cc(Br)ccc3n21. The summed E-state index contributed by atoms with van der Waals surface area (Å²) in [5.74, 6) is -1.39. The lowest BCUT2D eigenvalue weighted by Crippen LogP contribution is -2.61. The number of nitrogens with one attached hydrogen (secondary N) is 1. The van der Waals surface area contributed by atoms with E-state index in [1.54, 1.807) is 43.3 Å². The Morgan fingerprint density at radius 1 is 1.25 bits per heavy atom. The Kier molecular flexibility index (Phi) is 4.22. The van der Waals surface area contributed by atoms with Gasteiger partial charge in [0.2, 0.25) is 0 Å². The molecule has 0 amide bonds. The van der Waals surface area contributed by atoms with Gasteiger partial charge in [-0.2, -0.15) is 13.2 Å². The molecule has 1 atom stereocenters. The van der Waals surface area contributed by atoms with E-state index in [4.69, 9.17) is 4.74 Å². The first kappa shape index (κ1) is 18.9. The highest BCUT2D eigenvalue weighted by Crippen LogP contribution is 2.51. The summed E-state index contributed by atoms with van der Waals surface area (Å²) in [7, 11) is 0. The second-order valence-electron chi connectivity index (χ2n) is 6.57. The van der Waals surface area contributed by atoms with E-state index in [9.17, 15) is 18.0 Å². The first-order valence-corrected chi connectivity index (χ1v) is 9.44. The molecule has 8 heteroatoms. The van der Waals surface area contributed by atoms with E-state index < -0.39 is 17.8 Å². The van der Waals surface area contributed by atoms with Crippen LogP contribution < -0.4 is 5.32 Å². The standard InChI is InChI=1S/C20H16BrF3N2O2/c1-3-28-18(27)19(20(22,23)24)25-15-7-5-4-6-13(15)17-11(2)14-10-12(21)8-9-16(14)26(17)19/h4-10,25H,3H2,1-2H3/t19-/m1/s1. The van der Waals surface area contributed by atoms with Gasteiger partial charge in [-0.05, 0) is 43.7 Å². The Morgan fingerprint density at radius 3 is 2.64 bits per heavy atom. The number of carbonyl (C=O) groups excluding carboxylic acids is 1. The number of anilines is 1. The van der Waals surface area contributed by atoms with Crippen molar-refractivity contribution < 1.29 is 22.7 Å². The van der Waals surface area contributed by atoms with Crippen LogP contribution in [0.1, 0.15) is 12.5 Å². The van der Waals surface area contributed by atoms with Crippen molar-refractivity contribution in [3.8, 4) is 11.3 Å². The Bertz CT molecular complexity index is 1110. The molecular formula is C20H16BrF3N2O2. The normalized spacial score (nSPS) is 18.4. The molecule has 1 aromatic heterocycles. The van der Waals surface area contributed by atoms with Gasteiger partial charge in [0.1, 0.15) is 0 Å². The van der Waals surface area contributed by atoms with E-state index in [-0.39, 0.29) is 12.3 Å². The van der Waals surface area contributed by atoms with Gasteiger partial charge in [-0.1, -0.05) is 34.1 Å². The van der Waals surface area contributed by atoms with E-state index in [1.807, 2.05) is 0 Å². The van der Waals surface area contributed by atoms with Gasteiger partial charge in [0.05, 0.1) is 17.8 Å². The quantitative estimate of drug-likeness (QED) is 0.515. The third-order valence-corrected chi connectivity index (χ3v) is 5.49. The molecule has 1 aliphatic rings. The number of rotatable bonds is 2. The summed E-state index contributed by atoms with van der Waals surface area (Å²) >= 11 is 3.37. The largest absolute Gasteiger partial charge is 0.463 e. The molecule has 0 saturated carbocycles. The average Bonchev–Trinajstić information content (AvgIpc) is 2.93. The summed E-state index contributed by atoms with van der Waals surface area (Å²) in [6.07, 6.45) is -4.95. The van der Waals surface area contributed by atoms with Crippen molar-refractivity contribution in [3.63, 3.8) is 0 Å². The molecule has 0 fully saturated rings. The summed E-state index contributed by atoms with van der Waals surface area (Å²) in [6, 6.07) is 11.6. The minimum Gasteiger partial charge on any atom is -0.463 e. The predicted molar refractivity (Wildman–Crippen MR) is 104 cm³/mol. The van der Waals surface area contributed by atoms with Crippen LogP contribution in [-0.2, 0) is 15.2 Å². The van der Waals surface area contributed by atoms with Gasteiger partial charge in [-0.3, -0.25) is 4.57 Å². The highest BCUT2D eigenvalue weighted by molar-refractivity contribution is 9.10. The third kappa shape index (κ3) is 2.40. The molecule has 1 aliphatic heterocycles. The summed E-state index contributed by atoms with van der Waals surface area (Å²) < 4.78 is 50.4. The van der Waals surface area contributed by atoms with E-state index >= 15 is 0 Å². The minimum absolute atomic E-state index is 0.168. The van der Waals surface area contributed by atoms with Crippen molar-refractivity contribution in [2.24, 2.45) is 0 Å². The van der Waals surface area contributed by atoms with Gasteiger partial charge in [-0.25, -0.2) is 4.79 Å². The number of fused-ring (bicyclic) bond motifs is 5. The van der Waals surface area contributed by atoms with Crippen LogP contribution >= 0.6 is 15.9 Å². The van der Waals surface area contributed by atoms with Crippen LogP contribution in [0.3, 0.4) is 0 Å². The molecule has 28 heavy (non-hydrogen) atoms. The lowest BCUT2D eigenvalue weighted by atomic mass is 9.98. The fourth-order valence-corrected chi connectivity index (χ4v) is 4.19. The van der Waals surface area contributed by atoms with Crippen LogP contribution in [0.25, 0.3) is 22.2 Å². The number of para-hydroxylation sites is 1. The maximum Gasteiger partial charge on any atom is 0.442 e. The number of nitrogens with zero attached hydrogens (tertiary/aromatic N) is 1. The minimum atomic E-state index is -4.95. The highest BCUT2D eigenvalue weighted by Gasteiger charge is 2.66. The number of benzene rings is 2. The molecule has 0 spiro atoms. The van der Waals surface area contributed by atoms with Gasteiger partial charge in [0, 0.05) is 21.1 Å². The van der Waals surface area contributed by atoms with Crippen molar-refractivity contribution >= 4 is 38.5 Å². The second kappa shape index (κ2) is 6.27. The highest BCUT2D eigenvalue weighted by atomic mass is 79.9. The van der Waals surface area contributed by atoms with Crippen molar-refractivity contribution in [1.29, 1.82) is 0 Å². The lowest BCUT2D eigenvalue weighted by Gasteiger charge is -2.41. The molecule has 2 aromatic carbocycles. The molecule has 1 N–H and O–H groups in total. The topological polar surface area (TPSA) is 43.3 Å². The van der Waals surface area contributed by atoms with Crippen molar-refractivity contribution in [2.75, 3.05) is 11.9 Å². The van der Waals surface area contributed by atoms with E-state index in [1.165, 1.54) is 13.0 Å². The summed E-state index contributed by atoms with van der Waals surface area (Å²) in [5, 5.41) is 3.09. The molecule has 3 aromatic rings. The van der Waals surface area contributed by atoms with Crippen LogP contribution in [0, 0.1) is 6.92 Å². The Labute approximate surface area is 167 Å².